The lowest BCUT2D eigenvalue weighted by Crippen LogP contribution is -2.12. The summed E-state index contributed by atoms with van der Waals surface area (Å²) in [6.45, 7) is 0. The maximum atomic E-state index is 12.0. The van der Waals surface area contributed by atoms with Crippen LogP contribution < -0.4 is 5.32 Å². The second-order valence-electron chi connectivity index (χ2n) is 3.46. The fraction of sp³-hybridized carbons (Fsp3) is 0. The van der Waals surface area contributed by atoms with E-state index in [1.54, 1.807) is 18.2 Å². The monoisotopic (exact) mass is 279 g/mol. The Labute approximate surface area is 110 Å². The largest absolute Gasteiger partial charge is 0.295 e. The van der Waals surface area contributed by atoms with Crippen LogP contribution in [-0.2, 0) is 0 Å². The van der Waals surface area contributed by atoms with Crippen LogP contribution in [0.25, 0.3) is 10.9 Å². The number of halogens is 1. The molecule has 0 saturated heterocycles. The third-order valence-corrected chi connectivity index (χ3v) is 3.16. The van der Waals surface area contributed by atoms with Crippen LogP contribution in [0, 0.1) is 0 Å². The van der Waals surface area contributed by atoms with Gasteiger partial charge in [-0.05, 0) is 18.2 Å². The number of amides is 1. The summed E-state index contributed by atoms with van der Waals surface area (Å²) in [5.41, 5.74) is 2.57. The number of rotatable bonds is 2. The summed E-state index contributed by atoms with van der Waals surface area (Å²) in [5.74, 6) is -0.347. The number of hydrogen-bond donors (Lipinski definition) is 2. The van der Waals surface area contributed by atoms with Crippen molar-refractivity contribution in [2.24, 2.45) is 0 Å². The molecule has 1 aromatic carbocycles. The summed E-state index contributed by atoms with van der Waals surface area (Å²) in [6.07, 6.45) is 0. The van der Waals surface area contributed by atoms with Crippen molar-refractivity contribution in [2.75, 3.05) is 5.32 Å². The molecule has 90 valence electrons. The number of H-pyrrole nitrogens is 1. The number of nitrogens with one attached hydrogen (secondary N) is 2. The molecule has 0 bridgehead atoms. The standard InChI is InChI=1S/C10H6ClN5OS/c11-5-1-2-7-6(3-5)8(15-14-7)9(17)13-10-16-12-4-18-10/h1-4H,(H,14,15)(H,13,16,17). The second-order valence-corrected chi connectivity index (χ2v) is 4.73. The zero-order valence-corrected chi connectivity index (χ0v) is 10.4. The number of aromatic nitrogens is 4. The highest BCUT2D eigenvalue weighted by molar-refractivity contribution is 7.13. The van der Waals surface area contributed by atoms with Crippen molar-refractivity contribution in [2.45, 2.75) is 0 Å². The Hall–Kier alpha value is -1.99. The van der Waals surface area contributed by atoms with Crippen LogP contribution in [0.2, 0.25) is 5.02 Å². The van der Waals surface area contributed by atoms with Crippen molar-refractivity contribution < 1.29 is 4.79 Å². The minimum atomic E-state index is -0.347. The number of hydrogen-bond acceptors (Lipinski definition) is 5. The molecule has 2 aromatic heterocycles. The highest BCUT2D eigenvalue weighted by Gasteiger charge is 2.15. The molecule has 18 heavy (non-hydrogen) atoms. The van der Waals surface area contributed by atoms with E-state index >= 15 is 0 Å². The van der Waals surface area contributed by atoms with Gasteiger partial charge < -0.3 is 0 Å². The fourth-order valence-corrected chi connectivity index (χ4v) is 2.16. The Morgan fingerprint density at radius 3 is 3.11 bits per heavy atom. The van der Waals surface area contributed by atoms with Crippen molar-refractivity contribution in [1.29, 1.82) is 0 Å². The first-order valence-electron chi connectivity index (χ1n) is 4.95. The van der Waals surface area contributed by atoms with E-state index in [1.165, 1.54) is 16.8 Å². The number of carbonyl (C=O) groups is 1. The minimum Gasteiger partial charge on any atom is -0.295 e. The predicted molar refractivity (Wildman–Crippen MR) is 69.0 cm³/mol. The van der Waals surface area contributed by atoms with Crippen molar-refractivity contribution in [3.05, 3.63) is 34.4 Å². The average molecular weight is 280 g/mol. The predicted octanol–water partition coefficient (Wildman–Crippen LogP) is 2.32. The summed E-state index contributed by atoms with van der Waals surface area (Å²) >= 11 is 7.14. The molecule has 0 radical (unpaired) electrons. The molecule has 0 spiro atoms. The van der Waals surface area contributed by atoms with Gasteiger partial charge in [0.2, 0.25) is 5.13 Å². The number of carbonyl (C=O) groups excluding carboxylic acids is 1. The second kappa shape index (κ2) is 4.35. The van der Waals surface area contributed by atoms with Gasteiger partial charge in [0, 0.05) is 10.4 Å². The van der Waals surface area contributed by atoms with Gasteiger partial charge in [-0.3, -0.25) is 15.2 Å². The third-order valence-electron chi connectivity index (χ3n) is 2.32. The van der Waals surface area contributed by atoms with Gasteiger partial charge in [0.15, 0.2) is 5.69 Å². The van der Waals surface area contributed by atoms with Crippen LogP contribution in [0.3, 0.4) is 0 Å². The van der Waals surface area contributed by atoms with E-state index in [0.717, 1.165) is 5.52 Å². The van der Waals surface area contributed by atoms with Gasteiger partial charge in [-0.15, -0.1) is 10.2 Å². The molecule has 2 N–H and O–H groups in total. The van der Waals surface area contributed by atoms with Gasteiger partial charge >= 0.3 is 0 Å². The Kier molecular flexibility index (Phi) is 2.69. The maximum Gasteiger partial charge on any atom is 0.278 e. The van der Waals surface area contributed by atoms with Crippen LogP contribution >= 0.6 is 22.9 Å². The van der Waals surface area contributed by atoms with Crippen LogP contribution in [0.5, 0.6) is 0 Å². The molecule has 6 nitrogen and oxygen atoms in total. The van der Waals surface area contributed by atoms with Crippen molar-refractivity contribution in [1.82, 2.24) is 20.4 Å². The van der Waals surface area contributed by atoms with E-state index in [9.17, 15) is 4.79 Å². The van der Waals surface area contributed by atoms with E-state index < -0.39 is 0 Å². The Bertz CT molecular complexity index is 708. The zero-order chi connectivity index (χ0) is 12.5. The highest BCUT2D eigenvalue weighted by Crippen LogP contribution is 2.21. The van der Waals surface area contributed by atoms with Crippen LogP contribution in [-0.4, -0.2) is 26.3 Å². The van der Waals surface area contributed by atoms with Crippen molar-refractivity contribution in [3.8, 4) is 0 Å². The van der Waals surface area contributed by atoms with Crippen LogP contribution in [0.4, 0.5) is 5.13 Å². The summed E-state index contributed by atoms with van der Waals surface area (Å²) in [7, 11) is 0. The SMILES string of the molecule is O=C(Nc1nncs1)c1n[nH]c2ccc(Cl)cc12. The Morgan fingerprint density at radius 1 is 1.44 bits per heavy atom. The van der Waals surface area contributed by atoms with Gasteiger partial charge in [0.1, 0.15) is 5.51 Å². The van der Waals surface area contributed by atoms with Gasteiger partial charge in [0.25, 0.3) is 5.91 Å². The summed E-state index contributed by atoms with van der Waals surface area (Å²) in [5, 5.41) is 18.4. The number of aromatic amines is 1. The van der Waals surface area contributed by atoms with E-state index in [1.807, 2.05) is 0 Å². The highest BCUT2D eigenvalue weighted by atomic mass is 35.5. The summed E-state index contributed by atoms with van der Waals surface area (Å²) in [6, 6.07) is 5.19. The molecular weight excluding hydrogens is 274 g/mol. The first-order valence-corrected chi connectivity index (χ1v) is 6.21. The molecule has 2 heterocycles. The molecule has 0 saturated carbocycles. The molecule has 3 rings (SSSR count). The molecule has 0 aliphatic heterocycles. The van der Waals surface area contributed by atoms with Gasteiger partial charge in [-0.2, -0.15) is 5.10 Å². The number of anilines is 1. The zero-order valence-electron chi connectivity index (χ0n) is 8.85. The molecule has 8 heteroatoms. The van der Waals surface area contributed by atoms with Gasteiger partial charge in [-0.1, -0.05) is 22.9 Å². The smallest absolute Gasteiger partial charge is 0.278 e. The topological polar surface area (TPSA) is 83.6 Å². The first kappa shape index (κ1) is 11.1. The van der Waals surface area contributed by atoms with Crippen LogP contribution in [0.15, 0.2) is 23.7 Å². The lowest BCUT2D eigenvalue weighted by atomic mass is 10.2. The minimum absolute atomic E-state index is 0.280. The van der Waals surface area contributed by atoms with Crippen molar-refractivity contribution in [3.63, 3.8) is 0 Å². The van der Waals surface area contributed by atoms with E-state index in [4.69, 9.17) is 11.6 Å². The normalized spacial score (nSPS) is 10.7. The van der Waals surface area contributed by atoms with Crippen molar-refractivity contribution >= 4 is 44.9 Å². The number of nitrogens with zero attached hydrogens (tertiary/aromatic N) is 3. The number of benzene rings is 1. The Morgan fingerprint density at radius 2 is 2.33 bits per heavy atom. The molecule has 3 aromatic rings. The molecule has 1 amide bonds. The summed E-state index contributed by atoms with van der Waals surface area (Å²) in [4.78, 5) is 12.0. The molecule has 0 aliphatic rings. The molecule has 0 unspecified atom stereocenters. The lowest BCUT2D eigenvalue weighted by Gasteiger charge is -1.98. The molecule has 0 atom stereocenters. The lowest BCUT2D eigenvalue weighted by molar-refractivity contribution is 0.102. The van der Waals surface area contributed by atoms with Gasteiger partial charge in [-0.25, -0.2) is 0 Å². The summed E-state index contributed by atoms with van der Waals surface area (Å²) < 4.78 is 0. The quantitative estimate of drug-likeness (QED) is 0.754. The first-order chi connectivity index (χ1) is 8.74. The molecule has 0 aliphatic carbocycles. The van der Waals surface area contributed by atoms with Crippen LogP contribution in [0.1, 0.15) is 10.5 Å². The number of fused-ring (bicyclic) bond motifs is 1. The molecular formula is C10H6ClN5OS. The van der Waals surface area contributed by atoms with Gasteiger partial charge in [0.05, 0.1) is 5.52 Å². The Balaban J connectivity index is 1.98. The van der Waals surface area contributed by atoms with E-state index in [-0.39, 0.29) is 11.6 Å². The third kappa shape index (κ3) is 1.93. The molecule has 0 fully saturated rings. The van der Waals surface area contributed by atoms with E-state index in [0.29, 0.717) is 15.5 Å². The fourth-order valence-electron chi connectivity index (χ4n) is 1.54. The van der Waals surface area contributed by atoms with E-state index in [2.05, 4.69) is 25.7 Å². The average Bonchev–Trinajstić information content (AvgIpc) is 2.97. The maximum absolute atomic E-state index is 12.0.